The van der Waals surface area contributed by atoms with Gasteiger partial charge in [0, 0.05) is 75.8 Å². The van der Waals surface area contributed by atoms with Gasteiger partial charge < -0.3 is 19.6 Å². The first-order chi connectivity index (χ1) is 35.9. The smallest absolute Gasteiger partial charge is 0.355 e. The van der Waals surface area contributed by atoms with E-state index in [-0.39, 0.29) is 29.5 Å². The first kappa shape index (κ1) is 49.1. The monoisotopic (exact) mass is 1010 g/mol. The molecule has 3 aliphatic heterocycles. The molecule has 4 aromatic carbocycles. The van der Waals surface area contributed by atoms with Crippen molar-refractivity contribution in [2.24, 2.45) is 18.9 Å². The number of para-hydroxylation sites is 2. The number of thiazole rings is 1. The zero-order valence-electron chi connectivity index (χ0n) is 42.3. The van der Waals surface area contributed by atoms with Crippen LogP contribution in [0.15, 0.2) is 91.0 Å². The summed E-state index contributed by atoms with van der Waals surface area (Å²) in [5.74, 6) is 0.447. The summed E-state index contributed by atoms with van der Waals surface area (Å²) in [7, 11) is 1.95. The van der Waals surface area contributed by atoms with Gasteiger partial charge in [-0.2, -0.15) is 5.10 Å². The maximum atomic E-state index is 13.6. The van der Waals surface area contributed by atoms with Crippen LogP contribution in [0.2, 0.25) is 0 Å². The number of carboxylic acids is 1. The molecule has 0 radical (unpaired) electrons. The number of aromatic carboxylic acids is 1. The van der Waals surface area contributed by atoms with Crippen LogP contribution in [0.25, 0.3) is 32.2 Å². The molecule has 3 N–H and O–H groups in total. The van der Waals surface area contributed by atoms with Gasteiger partial charge in [0.2, 0.25) is 11.8 Å². The molecular formula is C58H63N9O6S. The molecule has 3 aromatic heterocycles. The van der Waals surface area contributed by atoms with Crippen molar-refractivity contribution in [3.05, 3.63) is 125 Å². The number of rotatable bonds is 14. The molecule has 3 fully saturated rings. The summed E-state index contributed by atoms with van der Waals surface area (Å²) in [4.78, 5) is 67.4. The van der Waals surface area contributed by atoms with Crippen molar-refractivity contribution in [2.75, 3.05) is 54.4 Å². The Kier molecular flexibility index (Phi) is 13.9. The SMILES string of the molecule is Cc1cc(OC2CCC(CCC(C)CN3CCN(c4cccc5c(C6CCC(=O)NC6=O)nn(C)c45)CC3)CC2)ccc1-c1ccc(N2CCc3cccc(C(=O)Nc4nc5ccccc5s4)c3C2)nc1C(=O)O. The van der Waals surface area contributed by atoms with E-state index in [0.717, 1.165) is 119 Å². The van der Waals surface area contributed by atoms with Crippen molar-refractivity contribution in [1.82, 2.24) is 30.0 Å². The number of carbonyl (C=O) groups excluding carboxylic acids is 3. The van der Waals surface area contributed by atoms with Crippen LogP contribution in [0.1, 0.15) is 107 Å². The highest BCUT2D eigenvalue weighted by atomic mass is 32.1. The Bertz CT molecular complexity index is 3250. The lowest BCUT2D eigenvalue weighted by molar-refractivity contribution is -0.134. The van der Waals surface area contributed by atoms with Crippen molar-refractivity contribution >= 4 is 72.8 Å². The third kappa shape index (κ3) is 10.2. The molecule has 16 heteroatoms. The van der Waals surface area contributed by atoms with Crippen LogP contribution in [-0.2, 0) is 29.6 Å². The number of pyridine rings is 1. The van der Waals surface area contributed by atoms with Crippen molar-refractivity contribution in [3.63, 3.8) is 0 Å². The number of fused-ring (bicyclic) bond motifs is 3. The molecule has 4 aliphatic rings. The molecule has 74 heavy (non-hydrogen) atoms. The Morgan fingerprint density at radius 3 is 2.45 bits per heavy atom. The number of anilines is 3. The summed E-state index contributed by atoms with van der Waals surface area (Å²) in [5.41, 5.74) is 8.60. The van der Waals surface area contributed by atoms with Gasteiger partial charge in [-0.05, 0) is 134 Å². The number of hydrogen-bond donors (Lipinski definition) is 3. The summed E-state index contributed by atoms with van der Waals surface area (Å²) in [6, 6.07) is 29.5. The van der Waals surface area contributed by atoms with Gasteiger partial charge in [-0.25, -0.2) is 14.8 Å². The predicted molar refractivity (Wildman–Crippen MR) is 289 cm³/mol. The Hall–Kier alpha value is -7.17. The highest BCUT2D eigenvalue weighted by Gasteiger charge is 2.33. The summed E-state index contributed by atoms with van der Waals surface area (Å²) in [5, 5.41) is 22.3. The first-order valence-electron chi connectivity index (χ1n) is 26.2. The topological polar surface area (TPSA) is 175 Å². The van der Waals surface area contributed by atoms with Crippen LogP contribution in [0.4, 0.5) is 16.6 Å². The Morgan fingerprint density at radius 2 is 1.66 bits per heavy atom. The number of benzene rings is 4. The standard InChI is InChI=1S/C58H63N9O6S/c1-35(33-65-28-30-66(31-29-65)48-12-7-10-44-52(63-64(3)54(44)48)45-23-25-51(68)61-56(45)70)14-15-37-16-18-39(19-17-37)73-40-20-21-41(36(2)32-40)42-22-24-50(60-53(42)57(71)72)67-27-26-38-8-6-9-43(46(38)34-67)55(69)62-58-59-47-11-4-5-13-49(47)74-58/h4-13,20-22,24,32,35,37,39,45H,14-19,23,25-31,33-34H2,1-3H3,(H,71,72)(H,59,62,69)(H,61,68,70). The molecule has 1 saturated carbocycles. The van der Waals surface area contributed by atoms with Gasteiger partial charge in [0.1, 0.15) is 11.6 Å². The minimum absolute atomic E-state index is 0.0124. The third-order valence-corrected chi connectivity index (χ3v) is 16.8. The number of amides is 3. The molecule has 3 amide bonds. The van der Waals surface area contributed by atoms with Crippen molar-refractivity contribution in [1.29, 1.82) is 0 Å². The second kappa shape index (κ2) is 21.0. The van der Waals surface area contributed by atoms with Gasteiger partial charge in [-0.1, -0.05) is 67.1 Å². The molecule has 15 nitrogen and oxygen atoms in total. The number of aromatic nitrogens is 4. The van der Waals surface area contributed by atoms with Crippen LogP contribution in [0.5, 0.6) is 5.75 Å². The number of hydrogen-bond acceptors (Lipinski definition) is 12. The summed E-state index contributed by atoms with van der Waals surface area (Å²) < 4.78 is 9.48. The average Bonchev–Trinajstić information content (AvgIpc) is 3.98. The summed E-state index contributed by atoms with van der Waals surface area (Å²) in [6.07, 6.45) is 8.44. The van der Waals surface area contributed by atoms with E-state index < -0.39 is 11.9 Å². The van der Waals surface area contributed by atoms with Crippen molar-refractivity contribution in [2.45, 2.75) is 90.2 Å². The van der Waals surface area contributed by atoms with Crippen molar-refractivity contribution in [3.8, 4) is 16.9 Å². The van der Waals surface area contributed by atoms with Gasteiger partial charge >= 0.3 is 5.97 Å². The number of nitrogens with one attached hydrogen (secondary N) is 2. The zero-order valence-corrected chi connectivity index (χ0v) is 43.1. The lowest BCUT2D eigenvalue weighted by Crippen LogP contribution is -2.47. The van der Waals surface area contributed by atoms with Gasteiger partial charge in [0.15, 0.2) is 10.8 Å². The number of carboxylic acid groups (broad SMARTS) is 1. The molecule has 382 valence electrons. The fourth-order valence-corrected chi connectivity index (χ4v) is 12.7. The minimum Gasteiger partial charge on any atom is -0.490 e. The molecule has 0 bridgehead atoms. The van der Waals surface area contributed by atoms with Crippen molar-refractivity contribution < 1.29 is 29.0 Å². The second-order valence-corrected chi connectivity index (χ2v) is 21.9. The molecule has 2 saturated heterocycles. The molecule has 1 aliphatic carbocycles. The van der Waals surface area contributed by atoms with Crippen LogP contribution >= 0.6 is 11.3 Å². The van der Waals surface area contributed by atoms with E-state index in [1.54, 1.807) is 0 Å². The second-order valence-electron chi connectivity index (χ2n) is 20.8. The molecule has 7 aromatic rings. The number of aryl methyl sites for hydroxylation is 2. The van der Waals surface area contributed by atoms with Gasteiger partial charge in [-0.15, -0.1) is 0 Å². The van der Waals surface area contributed by atoms with E-state index in [1.807, 2.05) is 102 Å². The minimum atomic E-state index is -1.10. The number of piperidine rings is 1. The number of piperazine rings is 1. The maximum absolute atomic E-state index is 13.6. The molecule has 11 rings (SSSR count). The van der Waals surface area contributed by atoms with E-state index in [9.17, 15) is 24.3 Å². The number of ether oxygens (including phenoxy) is 1. The largest absolute Gasteiger partial charge is 0.490 e. The lowest BCUT2D eigenvalue weighted by Gasteiger charge is -2.37. The Labute approximate surface area is 434 Å². The summed E-state index contributed by atoms with van der Waals surface area (Å²) >= 11 is 1.44. The van der Waals surface area contributed by atoms with Crippen LogP contribution < -0.4 is 25.2 Å². The third-order valence-electron chi connectivity index (χ3n) is 15.8. The molecular weight excluding hydrogens is 951 g/mol. The fraction of sp³-hybridized carbons (Fsp3) is 0.397. The van der Waals surface area contributed by atoms with Gasteiger partial charge in [0.05, 0.1) is 39.1 Å². The van der Waals surface area contributed by atoms with Crippen LogP contribution in [0.3, 0.4) is 0 Å². The van der Waals surface area contributed by atoms with E-state index in [2.05, 4.69) is 44.5 Å². The van der Waals surface area contributed by atoms with Gasteiger partial charge in [-0.3, -0.25) is 34.6 Å². The molecule has 6 heterocycles. The zero-order chi connectivity index (χ0) is 51.0. The molecule has 0 spiro atoms. The van der Waals surface area contributed by atoms with E-state index >= 15 is 0 Å². The number of imide groups is 1. The highest BCUT2D eigenvalue weighted by molar-refractivity contribution is 7.22. The van der Waals surface area contributed by atoms with Crippen LogP contribution in [-0.4, -0.2) is 98.8 Å². The molecule has 2 atom stereocenters. The first-order valence-corrected chi connectivity index (χ1v) is 27.0. The average molecular weight is 1010 g/mol. The van der Waals surface area contributed by atoms with Crippen LogP contribution in [0, 0.1) is 18.8 Å². The Balaban J connectivity index is 0.649. The number of carbonyl (C=O) groups is 4. The Morgan fingerprint density at radius 1 is 0.865 bits per heavy atom. The highest BCUT2D eigenvalue weighted by Crippen LogP contribution is 2.38. The van der Waals surface area contributed by atoms with E-state index in [0.29, 0.717) is 66.3 Å². The van der Waals surface area contributed by atoms with Gasteiger partial charge in [0.25, 0.3) is 5.91 Å². The molecule has 2 unspecified atom stereocenters. The van der Waals surface area contributed by atoms with E-state index in [4.69, 9.17) is 14.8 Å². The maximum Gasteiger partial charge on any atom is 0.355 e. The predicted octanol–water partition coefficient (Wildman–Crippen LogP) is 9.76. The lowest BCUT2D eigenvalue weighted by atomic mass is 9.83. The quantitative estimate of drug-likeness (QED) is 0.0882. The fourth-order valence-electron chi connectivity index (χ4n) is 11.9. The normalized spacial score (nSPS) is 19.9. The summed E-state index contributed by atoms with van der Waals surface area (Å²) in [6.45, 7) is 10.4. The van der Waals surface area contributed by atoms with E-state index in [1.165, 1.54) is 24.2 Å². The number of nitrogens with zero attached hydrogens (tertiary/aromatic N) is 7.